The first kappa shape index (κ1) is 12.0. The Balaban J connectivity index is 2.13. The standard InChI is InChI=1S/C13H11NO4/c15-11-7-10(13(18)14-11)9-4-1-8(2-5-9)3-6-12(16)17/h1-2,4-5,7H,3,6H2,(H,16,17)(H,14,15,18). The molecule has 1 aromatic rings. The number of aliphatic carboxylic acids is 1. The van der Waals surface area contributed by atoms with Crippen molar-refractivity contribution in [2.24, 2.45) is 0 Å². The van der Waals surface area contributed by atoms with Crippen molar-refractivity contribution in [1.82, 2.24) is 5.32 Å². The molecule has 1 aromatic carbocycles. The fourth-order valence-electron chi connectivity index (χ4n) is 1.73. The van der Waals surface area contributed by atoms with Crippen LogP contribution in [0.25, 0.3) is 5.57 Å². The lowest BCUT2D eigenvalue weighted by atomic mass is 10.0. The van der Waals surface area contributed by atoms with Crippen LogP contribution in [0.2, 0.25) is 0 Å². The Labute approximate surface area is 103 Å². The van der Waals surface area contributed by atoms with Crippen LogP contribution in [0, 0.1) is 0 Å². The van der Waals surface area contributed by atoms with Crippen molar-refractivity contribution in [1.29, 1.82) is 0 Å². The Kier molecular flexibility index (Phi) is 3.23. The Hall–Kier alpha value is -2.43. The van der Waals surface area contributed by atoms with Crippen LogP contribution >= 0.6 is 0 Å². The van der Waals surface area contributed by atoms with Gasteiger partial charge in [-0.25, -0.2) is 0 Å². The molecule has 0 saturated carbocycles. The van der Waals surface area contributed by atoms with E-state index in [9.17, 15) is 14.4 Å². The molecule has 0 aromatic heterocycles. The predicted molar refractivity (Wildman–Crippen MR) is 63.5 cm³/mol. The summed E-state index contributed by atoms with van der Waals surface area (Å²) in [5.74, 6) is -1.66. The number of imide groups is 1. The van der Waals surface area contributed by atoms with Crippen molar-refractivity contribution in [3.05, 3.63) is 41.5 Å². The molecular weight excluding hydrogens is 234 g/mol. The largest absolute Gasteiger partial charge is 0.481 e. The van der Waals surface area contributed by atoms with Gasteiger partial charge in [-0.2, -0.15) is 0 Å². The summed E-state index contributed by atoms with van der Waals surface area (Å²) < 4.78 is 0. The van der Waals surface area contributed by atoms with Gasteiger partial charge in [-0.05, 0) is 17.5 Å². The molecule has 1 heterocycles. The summed E-state index contributed by atoms with van der Waals surface area (Å²) in [7, 11) is 0. The number of benzene rings is 1. The van der Waals surface area contributed by atoms with Crippen molar-refractivity contribution >= 4 is 23.4 Å². The average Bonchev–Trinajstić information content (AvgIpc) is 2.66. The zero-order valence-electron chi connectivity index (χ0n) is 9.47. The van der Waals surface area contributed by atoms with Gasteiger partial charge in [-0.15, -0.1) is 0 Å². The van der Waals surface area contributed by atoms with Gasteiger partial charge in [0.2, 0.25) is 0 Å². The molecule has 0 aliphatic carbocycles. The van der Waals surface area contributed by atoms with Crippen LogP contribution in [-0.2, 0) is 20.8 Å². The third kappa shape index (κ3) is 2.63. The smallest absolute Gasteiger partial charge is 0.303 e. The zero-order valence-corrected chi connectivity index (χ0v) is 9.47. The van der Waals surface area contributed by atoms with Crippen molar-refractivity contribution in [3.63, 3.8) is 0 Å². The van der Waals surface area contributed by atoms with Crippen molar-refractivity contribution < 1.29 is 19.5 Å². The van der Waals surface area contributed by atoms with Gasteiger partial charge in [0.15, 0.2) is 0 Å². The molecule has 92 valence electrons. The SMILES string of the molecule is O=C(O)CCc1ccc(C2=CC(=O)NC2=O)cc1. The van der Waals surface area contributed by atoms with Crippen LogP contribution in [0.5, 0.6) is 0 Å². The maximum Gasteiger partial charge on any atom is 0.303 e. The van der Waals surface area contributed by atoms with Crippen LogP contribution in [0.15, 0.2) is 30.3 Å². The Morgan fingerprint density at radius 3 is 2.33 bits per heavy atom. The van der Waals surface area contributed by atoms with Gasteiger partial charge < -0.3 is 5.11 Å². The number of carboxylic acid groups (broad SMARTS) is 1. The van der Waals surface area contributed by atoms with Crippen LogP contribution in [0.3, 0.4) is 0 Å². The molecule has 18 heavy (non-hydrogen) atoms. The van der Waals surface area contributed by atoms with Crippen LogP contribution in [0.4, 0.5) is 0 Å². The first-order valence-corrected chi connectivity index (χ1v) is 5.44. The third-order valence-corrected chi connectivity index (χ3v) is 2.65. The fraction of sp³-hybridized carbons (Fsp3) is 0.154. The van der Waals surface area contributed by atoms with E-state index in [4.69, 9.17) is 5.11 Å². The van der Waals surface area contributed by atoms with E-state index in [0.29, 0.717) is 17.6 Å². The molecule has 5 nitrogen and oxygen atoms in total. The summed E-state index contributed by atoms with van der Waals surface area (Å²) in [6.07, 6.45) is 1.77. The fourth-order valence-corrected chi connectivity index (χ4v) is 1.73. The van der Waals surface area contributed by atoms with Gasteiger partial charge in [0.25, 0.3) is 11.8 Å². The quantitative estimate of drug-likeness (QED) is 0.766. The number of hydrogen-bond acceptors (Lipinski definition) is 3. The molecule has 1 aliphatic heterocycles. The van der Waals surface area contributed by atoms with Gasteiger partial charge >= 0.3 is 5.97 Å². The average molecular weight is 245 g/mol. The normalized spacial score (nSPS) is 14.3. The molecule has 0 spiro atoms. The number of carboxylic acids is 1. The number of aryl methyl sites for hydroxylation is 1. The van der Waals surface area contributed by atoms with E-state index in [1.54, 1.807) is 24.3 Å². The Bertz CT molecular complexity index is 543. The van der Waals surface area contributed by atoms with Crippen molar-refractivity contribution in [2.45, 2.75) is 12.8 Å². The summed E-state index contributed by atoms with van der Waals surface area (Å²) >= 11 is 0. The lowest BCUT2D eigenvalue weighted by Crippen LogP contribution is -2.21. The maximum absolute atomic E-state index is 11.4. The van der Waals surface area contributed by atoms with E-state index in [1.165, 1.54) is 6.08 Å². The highest BCUT2D eigenvalue weighted by molar-refractivity contribution is 6.33. The molecule has 0 atom stereocenters. The number of nitrogens with one attached hydrogen (secondary N) is 1. The summed E-state index contributed by atoms with van der Waals surface area (Å²) in [5, 5.41) is 10.7. The van der Waals surface area contributed by atoms with Crippen molar-refractivity contribution in [3.8, 4) is 0 Å². The van der Waals surface area contributed by atoms with Gasteiger partial charge in [0.1, 0.15) is 0 Å². The molecule has 0 radical (unpaired) electrons. The predicted octanol–water partition coefficient (Wildman–Crippen LogP) is 0.744. The monoisotopic (exact) mass is 245 g/mol. The summed E-state index contributed by atoms with van der Waals surface area (Å²) in [5.41, 5.74) is 1.87. The lowest BCUT2D eigenvalue weighted by Gasteiger charge is -2.02. The first-order valence-electron chi connectivity index (χ1n) is 5.44. The van der Waals surface area contributed by atoms with E-state index >= 15 is 0 Å². The molecular formula is C13H11NO4. The molecule has 0 bridgehead atoms. The molecule has 2 rings (SSSR count). The number of hydrogen-bond donors (Lipinski definition) is 2. The number of carbonyl (C=O) groups excluding carboxylic acids is 2. The molecule has 0 fully saturated rings. The van der Waals surface area contributed by atoms with Crippen LogP contribution in [0.1, 0.15) is 17.5 Å². The minimum Gasteiger partial charge on any atom is -0.481 e. The van der Waals surface area contributed by atoms with Gasteiger partial charge in [-0.1, -0.05) is 24.3 Å². The van der Waals surface area contributed by atoms with Crippen LogP contribution < -0.4 is 5.32 Å². The zero-order chi connectivity index (χ0) is 13.1. The van der Waals surface area contributed by atoms with Gasteiger partial charge in [0, 0.05) is 12.5 Å². The van der Waals surface area contributed by atoms with E-state index < -0.39 is 17.8 Å². The minimum absolute atomic E-state index is 0.0705. The number of rotatable bonds is 4. The minimum atomic E-state index is -0.845. The van der Waals surface area contributed by atoms with E-state index in [2.05, 4.69) is 5.32 Å². The number of amides is 2. The highest BCUT2D eigenvalue weighted by Crippen LogP contribution is 2.19. The van der Waals surface area contributed by atoms with E-state index in [0.717, 1.165) is 5.56 Å². The van der Waals surface area contributed by atoms with E-state index in [1.807, 2.05) is 0 Å². The highest BCUT2D eigenvalue weighted by Gasteiger charge is 2.21. The summed E-state index contributed by atoms with van der Waals surface area (Å²) in [6, 6.07) is 6.94. The van der Waals surface area contributed by atoms with Crippen LogP contribution in [-0.4, -0.2) is 22.9 Å². The second-order valence-corrected chi connectivity index (χ2v) is 3.97. The lowest BCUT2D eigenvalue weighted by molar-refractivity contribution is -0.137. The van der Waals surface area contributed by atoms with Gasteiger partial charge in [-0.3, -0.25) is 19.7 Å². The third-order valence-electron chi connectivity index (χ3n) is 2.65. The maximum atomic E-state index is 11.4. The molecule has 1 aliphatic rings. The van der Waals surface area contributed by atoms with Gasteiger partial charge in [0.05, 0.1) is 5.57 Å². The molecule has 2 N–H and O–H groups in total. The summed E-state index contributed by atoms with van der Waals surface area (Å²) in [4.78, 5) is 32.8. The second kappa shape index (κ2) is 4.83. The van der Waals surface area contributed by atoms with E-state index in [-0.39, 0.29) is 6.42 Å². The molecule has 5 heteroatoms. The topological polar surface area (TPSA) is 83.5 Å². The Morgan fingerprint density at radius 2 is 1.83 bits per heavy atom. The molecule has 2 amide bonds. The molecule has 0 unspecified atom stereocenters. The highest BCUT2D eigenvalue weighted by atomic mass is 16.4. The second-order valence-electron chi connectivity index (χ2n) is 3.97. The summed E-state index contributed by atoms with van der Waals surface area (Å²) in [6.45, 7) is 0. The molecule has 0 saturated heterocycles. The first-order chi connectivity index (χ1) is 8.56. The van der Waals surface area contributed by atoms with Crippen molar-refractivity contribution in [2.75, 3.05) is 0 Å². The number of carbonyl (C=O) groups is 3. The Morgan fingerprint density at radius 1 is 1.17 bits per heavy atom.